The SMILES string of the molecule is CC1(C)CC(=O)C=C(/C=C/c2ccc(-c3ccc(-c4ccc5c(c4)C(C)(C)c4ccccc4N5c4ccccc4)c4nsnc34)s2)C1. The van der Waals surface area contributed by atoms with Crippen LogP contribution in [-0.2, 0) is 10.2 Å². The summed E-state index contributed by atoms with van der Waals surface area (Å²) in [5, 5.41) is 0. The number of rotatable bonds is 5. The molecule has 232 valence electrons. The minimum atomic E-state index is -0.190. The largest absolute Gasteiger partial charge is 0.310 e. The Labute approximate surface area is 284 Å². The van der Waals surface area contributed by atoms with Gasteiger partial charge in [-0.3, -0.25) is 4.79 Å². The van der Waals surface area contributed by atoms with Gasteiger partial charge in [0.15, 0.2) is 5.78 Å². The Bertz CT molecular complexity index is 2240. The van der Waals surface area contributed by atoms with Gasteiger partial charge in [0.05, 0.1) is 23.1 Å². The van der Waals surface area contributed by atoms with Crippen molar-refractivity contribution in [3.8, 4) is 21.6 Å². The summed E-state index contributed by atoms with van der Waals surface area (Å²) in [6, 6.07) is 34.9. The zero-order valence-corrected chi connectivity index (χ0v) is 28.6. The Hall–Kier alpha value is -4.65. The molecule has 8 rings (SSSR count). The molecule has 4 aromatic carbocycles. The maximum atomic E-state index is 12.2. The molecule has 0 radical (unpaired) electrons. The predicted octanol–water partition coefficient (Wildman–Crippen LogP) is 11.5. The van der Waals surface area contributed by atoms with Crippen LogP contribution in [0.1, 0.15) is 56.5 Å². The quantitative estimate of drug-likeness (QED) is 0.186. The molecule has 0 saturated heterocycles. The molecule has 2 aliphatic rings. The van der Waals surface area contributed by atoms with Crippen LogP contribution in [0, 0.1) is 5.41 Å². The lowest BCUT2D eigenvalue weighted by atomic mass is 9.73. The molecule has 0 bridgehead atoms. The normalized spacial score (nSPS) is 16.7. The van der Waals surface area contributed by atoms with E-state index in [1.54, 1.807) is 17.4 Å². The fraction of sp³-hybridized carbons (Fsp3) is 0.195. The summed E-state index contributed by atoms with van der Waals surface area (Å²) in [6.07, 6.45) is 7.57. The highest BCUT2D eigenvalue weighted by Crippen LogP contribution is 2.52. The number of anilines is 3. The zero-order valence-electron chi connectivity index (χ0n) is 27.0. The van der Waals surface area contributed by atoms with E-state index in [2.05, 4.69) is 142 Å². The van der Waals surface area contributed by atoms with Gasteiger partial charge < -0.3 is 4.90 Å². The highest BCUT2D eigenvalue weighted by Gasteiger charge is 2.37. The first-order chi connectivity index (χ1) is 22.7. The molecule has 1 aliphatic carbocycles. The van der Waals surface area contributed by atoms with Crippen molar-refractivity contribution in [2.75, 3.05) is 4.90 Å². The van der Waals surface area contributed by atoms with Crippen LogP contribution >= 0.6 is 23.1 Å². The van der Waals surface area contributed by atoms with Crippen LogP contribution in [0.3, 0.4) is 0 Å². The van der Waals surface area contributed by atoms with Crippen molar-refractivity contribution in [3.05, 3.63) is 131 Å². The number of nitrogens with zero attached hydrogens (tertiary/aromatic N) is 3. The van der Waals surface area contributed by atoms with Gasteiger partial charge in [0.2, 0.25) is 0 Å². The summed E-state index contributed by atoms with van der Waals surface area (Å²) in [5.41, 5.74) is 12.3. The average Bonchev–Trinajstić information content (AvgIpc) is 3.74. The van der Waals surface area contributed by atoms with Gasteiger partial charge in [-0.1, -0.05) is 88.4 Å². The molecule has 0 spiro atoms. The van der Waals surface area contributed by atoms with E-state index in [9.17, 15) is 4.79 Å². The lowest BCUT2D eigenvalue weighted by molar-refractivity contribution is -0.116. The number of allylic oxidation sites excluding steroid dienone is 3. The van der Waals surface area contributed by atoms with Crippen molar-refractivity contribution in [2.45, 2.75) is 46.0 Å². The van der Waals surface area contributed by atoms with Crippen LogP contribution in [0.15, 0.2) is 115 Å². The first-order valence-corrected chi connectivity index (χ1v) is 17.6. The molecule has 6 heteroatoms. The number of carbonyl (C=O) groups is 1. The van der Waals surface area contributed by atoms with Crippen LogP contribution in [0.25, 0.3) is 38.7 Å². The second kappa shape index (κ2) is 11.3. The lowest BCUT2D eigenvalue weighted by Gasteiger charge is -2.42. The Morgan fingerprint density at radius 2 is 1.45 bits per heavy atom. The topological polar surface area (TPSA) is 46.1 Å². The highest BCUT2D eigenvalue weighted by molar-refractivity contribution is 7.16. The van der Waals surface area contributed by atoms with Gasteiger partial charge in [0.1, 0.15) is 11.0 Å². The number of thiophene rings is 1. The van der Waals surface area contributed by atoms with Crippen LogP contribution < -0.4 is 4.90 Å². The van der Waals surface area contributed by atoms with Crippen molar-refractivity contribution < 1.29 is 4.79 Å². The van der Waals surface area contributed by atoms with E-state index in [1.165, 1.54) is 34.2 Å². The zero-order chi connectivity index (χ0) is 32.3. The summed E-state index contributed by atoms with van der Waals surface area (Å²) in [6.45, 7) is 8.98. The monoisotopic (exact) mass is 649 g/mol. The molecule has 2 aromatic heterocycles. The Morgan fingerprint density at radius 3 is 2.26 bits per heavy atom. The number of fused-ring (bicyclic) bond motifs is 3. The number of carbonyl (C=O) groups excluding carboxylic acids is 1. The van der Waals surface area contributed by atoms with E-state index in [4.69, 9.17) is 8.75 Å². The van der Waals surface area contributed by atoms with Gasteiger partial charge in [-0.25, -0.2) is 0 Å². The number of hydrogen-bond donors (Lipinski definition) is 0. The fourth-order valence-corrected chi connectivity index (χ4v) is 8.81. The van der Waals surface area contributed by atoms with E-state index in [1.807, 2.05) is 0 Å². The summed E-state index contributed by atoms with van der Waals surface area (Å²) in [7, 11) is 0. The molecule has 47 heavy (non-hydrogen) atoms. The summed E-state index contributed by atoms with van der Waals surface area (Å²) >= 11 is 3.00. The molecule has 0 unspecified atom stereocenters. The molecule has 3 heterocycles. The third-order valence-electron chi connectivity index (χ3n) is 9.51. The minimum absolute atomic E-state index is 0.0106. The Balaban J connectivity index is 1.16. The van der Waals surface area contributed by atoms with Crippen molar-refractivity contribution >= 4 is 63.0 Å². The van der Waals surface area contributed by atoms with Gasteiger partial charge >= 0.3 is 0 Å². The maximum Gasteiger partial charge on any atom is 0.156 e. The summed E-state index contributed by atoms with van der Waals surface area (Å²) in [5.74, 6) is 0.215. The number of para-hydroxylation sites is 2. The summed E-state index contributed by atoms with van der Waals surface area (Å²) < 4.78 is 9.62. The van der Waals surface area contributed by atoms with Crippen LogP contribution in [0.2, 0.25) is 0 Å². The van der Waals surface area contributed by atoms with Crippen LogP contribution in [0.5, 0.6) is 0 Å². The Morgan fingerprint density at radius 1 is 0.723 bits per heavy atom. The first kappa shape index (κ1) is 29.7. The van der Waals surface area contributed by atoms with E-state index >= 15 is 0 Å². The van der Waals surface area contributed by atoms with Crippen LogP contribution in [0.4, 0.5) is 17.1 Å². The molecule has 0 fully saturated rings. The van der Waals surface area contributed by atoms with E-state index in [0.29, 0.717) is 6.42 Å². The molecule has 6 aromatic rings. The molecule has 1 aliphatic heterocycles. The number of benzene rings is 4. The second-order valence-corrected chi connectivity index (χ2v) is 15.5. The predicted molar refractivity (Wildman–Crippen MR) is 198 cm³/mol. The molecule has 0 N–H and O–H groups in total. The van der Waals surface area contributed by atoms with Crippen molar-refractivity contribution in [2.24, 2.45) is 5.41 Å². The average molecular weight is 650 g/mol. The second-order valence-electron chi connectivity index (χ2n) is 13.9. The highest BCUT2D eigenvalue weighted by atomic mass is 32.1. The maximum absolute atomic E-state index is 12.2. The van der Waals surface area contributed by atoms with Gasteiger partial charge in [-0.2, -0.15) is 8.75 Å². The first-order valence-electron chi connectivity index (χ1n) is 16.0. The van der Waals surface area contributed by atoms with Gasteiger partial charge in [-0.15, -0.1) is 11.3 Å². The number of aromatic nitrogens is 2. The van der Waals surface area contributed by atoms with Crippen molar-refractivity contribution in [1.82, 2.24) is 8.75 Å². The van der Waals surface area contributed by atoms with Gasteiger partial charge in [0, 0.05) is 38.4 Å². The van der Waals surface area contributed by atoms with Crippen molar-refractivity contribution in [3.63, 3.8) is 0 Å². The van der Waals surface area contributed by atoms with E-state index in [0.717, 1.165) is 55.2 Å². The molecule has 4 nitrogen and oxygen atoms in total. The fourth-order valence-electron chi connectivity index (χ4n) is 7.30. The molecule has 0 amide bonds. The van der Waals surface area contributed by atoms with Crippen molar-refractivity contribution in [1.29, 1.82) is 0 Å². The molecular weight excluding hydrogens is 615 g/mol. The lowest BCUT2D eigenvalue weighted by Crippen LogP contribution is -2.30. The van der Waals surface area contributed by atoms with E-state index in [-0.39, 0.29) is 16.6 Å². The third-order valence-corrected chi connectivity index (χ3v) is 11.1. The van der Waals surface area contributed by atoms with Gasteiger partial charge in [0.25, 0.3) is 0 Å². The Kier molecular flexibility index (Phi) is 7.12. The molecule has 0 saturated carbocycles. The number of hydrogen-bond acceptors (Lipinski definition) is 6. The third kappa shape index (κ3) is 5.26. The molecular formula is C41H35N3OS2. The van der Waals surface area contributed by atoms with E-state index < -0.39 is 0 Å². The summed E-state index contributed by atoms with van der Waals surface area (Å²) in [4.78, 5) is 16.9. The smallest absolute Gasteiger partial charge is 0.156 e. The minimum Gasteiger partial charge on any atom is -0.310 e. The standard InChI is InChI=1S/C41H35N3OS2/c1-40(2)24-26(22-29(45)25-40)14-16-30-17-21-37(46-30)32-19-18-31(38-39(32)43-47-42-38)27-15-20-36-34(23-27)41(3,4)33-12-8-9-13-35(33)44(36)28-10-6-5-7-11-28/h5-23H,24-25H2,1-4H3/b16-14+. The van der Waals surface area contributed by atoms with Crippen LogP contribution in [-0.4, -0.2) is 14.5 Å². The van der Waals surface area contributed by atoms with Gasteiger partial charge in [-0.05, 0) is 88.7 Å². The molecule has 0 atom stereocenters. The number of ketones is 1.